The number of hydrogen-bond donors (Lipinski definition) is 1. The average molecular weight is 259 g/mol. The maximum Gasteiger partial charge on any atom is 0.122 e. The fourth-order valence-corrected chi connectivity index (χ4v) is 5.42. The van der Waals surface area contributed by atoms with Crippen molar-refractivity contribution in [3.8, 4) is 0 Å². The third kappa shape index (κ3) is 1.85. The number of nitrogens with one attached hydrogen (secondary N) is 1. The first-order valence-corrected chi connectivity index (χ1v) is 7.91. The molecule has 3 heteroatoms. The quantitative estimate of drug-likeness (QED) is 0.904. The van der Waals surface area contributed by atoms with E-state index in [9.17, 15) is 0 Å². The lowest BCUT2D eigenvalue weighted by molar-refractivity contribution is -0.00407. The summed E-state index contributed by atoms with van der Waals surface area (Å²) in [5.74, 6) is 5.94. The third-order valence-corrected chi connectivity index (χ3v) is 5.89. The summed E-state index contributed by atoms with van der Waals surface area (Å²) >= 11 is 0. The van der Waals surface area contributed by atoms with Crippen LogP contribution in [0.5, 0.6) is 0 Å². The van der Waals surface area contributed by atoms with E-state index in [1.54, 1.807) is 0 Å². The smallest absolute Gasteiger partial charge is 0.122 e. The fourth-order valence-electron chi connectivity index (χ4n) is 5.42. The van der Waals surface area contributed by atoms with Gasteiger partial charge in [0.05, 0.1) is 12.2 Å². The third-order valence-electron chi connectivity index (χ3n) is 5.89. The molecule has 0 unspecified atom stereocenters. The number of nitrogens with zero attached hydrogens (tertiary/aromatic N) is 2. The molecule has 5 rings (SSSR count). The van der Waals surface area contributed by atoms with Crippen LogP contribution >= 0.6 is 0 Å². The van der Waals surface area contributed by atoms with Crippen LogP contribution in [-0.2, 0) is 13.6 Å². The second-order valence-electron chi connectivity index (χ2n) is 7.18. The van der Waals surface area contributed by atoms with Crippen molar-refractivity contribution in [3.05, 3.63) is 17.7 Å². The highest BCUT2D eigenvalue weighted by Crippen LogP contribution is 2.59. The Labute approximate surface area is 115 Å². The normalized spacial score (nSPS) is 40.0. The molecule has 0 aliphatic heterocycles. The second kappa shape index (κ2) is 4.34. The lowest BCUT2D eigenvalue weighted by Gasteiger charge is -2.54. The number of hydrogen-bond acceptors (Lipinski definition) is 2. The molecule has 1 aromatic heterocycles. The zero-order chi connectivity index (χ0) is 13.0. The summed E-state index contributed by atoms with van der Waals surface area (Å²) in [7, 11) is 4.14. The zero-order valence-electron chi connectivity index (χ0n) is 12.1. The van der Waals surface area contributed by atoms with Crippen LogP contribution in [0.25, 0.3) is 0 Å². The Morgan fingerprint density at radius 3 is 2.37 bits per heavy atom. The lowest BCUT2D eigenvalue weighted by atomic mass is 9.51. The van der Waals surface area contributed by atoms with Gasteiger partial charge in [0.2, 0.25) is 0 Å². The summed E-state index contributed by atoms with van der Waals surface area (Å²) in [4.78, 5) is 4.95. The second-order valence-corrected chi connectivity index (χ2v) is 7.18. The van der Waals surface area contributed by atoms with Crippen molar-refractivity contribution in [2.75, 3.05) is 7.05 Å². The molecule has 4 aliphatic carbocycles. The van der Waals surface area contributed by atoms with Gasteiger partial charge in [-0.2, -0.15) is 0 Å². The molecule has 0 aromatic carbocycles. The van der Waals surface area contributed by atoms with Gasteiger partial charge < -0.3 is 9.88 Å². The van der Waals surface area contributed by atoms with E-state index in [2.05, 4.69) is 23.1 Å². The highest BCUT2D eigenvalue weighted by Gasteiger charge is 2.49. The van der Waals surface area contributed by atoms with Crippen LogP contribution in [0.3, 0.4) is 0 Å². The van der Waals surface area contributed by atoms with Gasteiger partial charge in [-0.1, -0.05) is 0 Å². The Bertz CT molecular complexity index is 448. The molecule has 4 bridgehead atoms. The van der Waals surface area contributed by atoms with Crippen molar-refractivity contribution in [2.24, 2.45) is 30.7 Å². The molecule has 1 N–H and O–H groups in total. The van der Waals surface area contributed by atoms with Crippen LogP contribution in [0, 0.1) is 23.7 Å². The summed E-state index contributed by atoms with van der Waals surface area (Å²) in [6.45, 7) is 0.879. The molecule has 19 heavy (non-hydrogen) atoms. The largest absolute Gasteiger partial charge is 0.337 e. The first-order valence-electron chi connectivity index (χ1n) is 7.91. The zero-order valence-corrected chi connectivity index (χ0v) is 12.1. The minimum absolute atomic E-state index is 0.768. The molecule has 1 aromatic rings. The van der Waals surface area contributed by atoms with Crippen molar-refractivity contribution < 1.29 is 0 Å². The Hall–Kier alpha value is -0.830. The molecule has 3 nitrogen and oxygen atoms in total. The van der Waals surface area contributed by atoms with Gasteiger partial charge in [0.1, 0.15) is 5.82 Å². The van der Waals surface area contributed by atoms with E-state index in [0.29, 0.717) is 0 Å². The molecule has 0 spiro atoms. The molecule has 0 atom stereocenters. The van der Waals surface area contributed by atoms with Crippen molar-refractivity contribution >= 4 is 0 Å². The van der Waals surface area contributed by atoms with Crippen LogP contribution in [0.2, 0.25) is 0 Å². The molecule has 0 radical (unpaired) electrons. The van der Waals surface area contributed by atoms with Crippen LogP contribution < -0.4 is 5.32 Å². The van der Waals surface area contributed by atoms with Crippen molar-refractivity contribution in [1.82, 2.24) is 14.9 Å². The highest BCUT2D eigenvalue weighted by atomic mass is 15.1. The lowest BCUT2D eigenvalue weighted by Crippen LogP contribution is -2.43. The standard InChI is InChI=1S/C16H25N3/c1-17-8-15-18-14(9-19(15)2)16-12-4-10-3-11(6-12)7-13(16)5-10/h9-13,16-17H,3-8H2,1-2H3. The Balaban J connectivity index is 1.63. The summed E-state index contributed by atoms with van der Waals surface area (Å²) < 4.78 is 2.22. The van der Waals surface area contributed by atoms with Gasteiger partial charge in [0.15, 0.2) is 0 Å². The maximum atomic E-state index is 4.95. The van der Waals surface area contributed by atoms with Gasteiger partial charge in [-0.3, -0.25) is 0 Å². The van der Waals surface area contributed by atoms with E-state index in [0.717, 1.165) is 36.1 Å². The van der Waals surface area contributed by atoms with Crippen molar-refractivity contribution in [1.29, 1.82) is 0 Å². The first kappa shape index (κ1) is 12.0. The fraction of sp³-hybridized carbons (Fsp3) is 0.812. The van der Waals surface area contributed by atoms with Crippen molar-refractivity contribution in [2.45, 2.75) is 44.6 Å². The molecule has 1 heterocycles. The molecule has 4 aliphatic rings. The number of imidazole rings is 1. The van der Waals surface area contributed by atoms with Crippen molar-refractivity contribution in [3.63, 3.8) is 0 Å². The molecule has 0 amide bonds. The van der Waals surface area contributed by atoms with E-state index in [-0.39, 0.29) is 0 Å². The number of aromatic nitrogens is 2. The van der Waals surface area contributed by atoms with E-state index in [1.807, 2.05) is 7.05 Å². The molecule has 4 saturated carbocycles. The van der Waals surface area contributed by atoms with E-state index in [1.165, 1.54) is 43.6 Å². The Kier molecular flexibility index (Phi) is 2.73. The van der Waals surface area contributed by atoms with Gasteiger partial charge in [-0.05, 0) is 62.8 Å². The van der Waals surface area contributed by atoms with Crippen LogP contribution in [0.1, 0.15) is 49.5 Å². The molecular formula is C16H25N3. The summed E-state index contributed by atoms with van der Waals surface area (Å²) in [6.07, 6.45) is 9.77. The maximum absolute atomic E-state index is 4.95. The van der Waals surface area contributed by atoms with Gasteiger partial charge in [-0.25, -0.2) is 4.98 Å². The van der Waals surface area contributed by atoms with Gasteiger partial charge in [-0.15, -0.1) is 0 Å². The molecular weight excluding hydrogens is 234 g/mol. The Morgan fingerprint density at radius 1 is 1.16 bits per heavy atom. The van der Waals surface area contributed by atoms with Crippen LogP contribution in [0.15, 0.2) is 6.20 Å². The SMILES string of the molecule is CNCc1nc(C2C3CC4CC(C3)CC2C4)cn1C. The van der Waals surface area contributed by atoms with Gasteiger partial charge in [0.25, 0.3) is 0 Å². The average Bonchev–Trinajstić information content (AvgIpc) is 2.70. The first-order chi connectivity index (χ1) is 9.24. The van der Waals surface area contributed by atoms with Crippen LogP contribution in [0.4, 0.5) is 0 Å². The highest BCUT2D eigenvalue weighted by molar-refractivity contribution is 5.17. The minimum atomic E-state index is 0.768. The topological polar surface area (TPSA) is 29.9 Å². The summed E-state index contributed by atoms with van der Waals surface area (Å²) in [5.41, 5.74) is 1.39. The van der Waals surface area contributed by atoms with E-state index >= 15 is 0 Å². The van der Waals surface area contributed by atoms with E-state index in [4.69, 9.17) is 4.98 Å². The molecule has 0 saturated heterocycles. The number of rotatable bonds is 3. The summed E-state index contributed by atoms with van der Waals surface area (Å²) in [5, 5.41) is 3.22. The predicted molar refractivity (Wildman–Crippen MR) is 75.8 cm³/mol. The predicted octanol–water partition coefficient (Wildman–Crippen LogP) is 2.68. The van der Waals surface area contributed by atoms with Gasteiger partial charge >= 0.3 is 0 Å². The Morgan fingerprint density at radius 2 is 1.79 bits per heavy atom. The minimum Gasteiger partial charge on any atom is -0.337 e. The summed E-state index contributed by atoms with van der Waals surface area (Å²) in [6, 6.07) is 0. The number of aryl methyl sites for hydroxylation is 1. The molecule has 104 valence electrons. The monoisotopic (exact) mass is 259 g/mol. The van der Waals surface area contributed by atoms with Crippen LogP contribution in [-0.4, -0.2) is 16.6 Å². The molecule has 4 fully saturated rings. The van der Waals surface area contributed by atoms with Gasteiger partial charge in [0, 0.05) is 19.2 Å². The van der Waals surface area contributed by atoms with E-state index < -0.39 is 0 Å².